The molecule has 31 heavy (non-hydrogen) atoms. The second-order valence-electron chi connectivity index (χ2n) is 9.62. The van der Waals surface area contributed by atoms with Crippen LogP contribution >= 0.6 is 0 Å². The normalized spacial score (nSPS) is 17.3. The van der Waals surface area contributed by atoms with Gasteiger partial charge in [-0.1, -0.05) is 46.2 Å². The second kappa shape index (κ2) is 15.7. The number of aliphatic hydroxyl groups is 1. The van der Waals surface area contributed by atoms with Gasteiger partial charge in [0.2, 0.25) is 0 Å². The fourth-order valence-corrected chi connectivity index (χ4v) is 3.78. The zero-order valence-electron chi connectivity index (χ0n) is 21.1. The van der Waals surface area contributed by atoms with Gasteiger partial charge in [-0.2, -0.15) is 0 Å². The van der Waals surface area contributed by atoms with Gasteiger partial charge in [0, 0.05) is 21.2 Å². The van der Waals surface area contributed by atoms with E-state index < -0.39 is 0 Å². The minimum atomic E-state index is 0. The maximum Gasteiger partial charge on any atom is 0.120 e. The first-order chi connectivity index (χ1) is 15.0. The van der Waals surface area contributed by atoms with E-state index in [0.29, 0.717) is 17.6 Å². The smallest absolute Gasteiger partial charge is 0.120 e. The highest BCUT2D eigenvalue weighted by molar-refractivity contribution is 5.31. The van der Waals surface area contributed by atoms with E-state index in [1.807, 2.05) is 0 Å². The quantitative estimate of drug-likeness (QED) is 0.375. The van der Waals surface area contributed by atoms with E-state index in [0.717, 1.165) is 32.0 Å². The number of hydrogen-bond donors (Lipinski definition) is 2. The van der Waals surface area contributed by atoms with Gasteiger partial charge in [-0.25, -0.2) is 0 Å². The lowest BCUT2D eigenvalue weighted by molar-refractivity contribution is 0.0587. The summed E-state index contributed by atoms with van der Waals surface area (Å²) in [6.45, 7) is 10.7. The molecule has 2 fully saturated rings. The molecule has 0 aromatic heterocycles. The number of hydrogen-bond acceptors (Lipinski definition) is 4. The SMILES string of the molecule is CCCCOCC(C)(C)CC.CN[C@@H](c1cccc(OC2CCCC2)c1)C1CC1.CO.[HH]. The van der Waals surface area contributed by atoms with Gasteiger partial charge in [0.05, 0.1) is 12.7 Å². The summed E-state index contributed by atoms with van der Waals surface area (Å²) < 4.78 is 11.6. The third kappa shape index (κ3) is 11.4. The van der Waals surface area contributed by atoms with Crippen LogP contribution < -0.4 is 10.1 Å². The Morgan fingerprint density at radius 2 is 1.81 bits per heavy atom. The van der Waals surface area contributed by atoms with E-state index in [1.54, 1.807) is 0 Å². The molecule has 2 aliphatic rings. The molecule has 0 amide bonds. The van der Waals surface area contributed by atoms with Crippen molar-refractivity contribution in [2.24, 2.45) is 11.3 Å². The average Bonchev–Trinajstić information content (AvgIpc) is 3.49. The van der Waals surface area contributed by atoms with E-state index in [2.05, 4.69) is 64.3 Å². The maximum atomic E-state index is 7.00. The summed E-state index contributed by atoms with van der Waals surface area (Å²) in [5, 5.41) is 10.4. The van der Waals surface area contributed by atoms with Gasteiger partial charge in [-0.3, -0.25) is 0 Å². The summed E-state index contributed by atoms with van der Waals surface area (Å²) >= 11 is 0. The van der Waals surface area contributed by atoms with Crippen molar-refractivity contribution in [1.29, 1.82) is 0 Å². The molecule has 4 nitrogen and oxygen atoms in total. The Labute approximate surface area is 193 Å². The first-order valence-electron chi connectivity index (χ1n) is 12.5. The number of aliphatic hydroxyl groups excluding tert-OH is 1. The molecule has 0 radical (unpaired) electrons. The summed E-state index contributed by atoms with van der Waals surface area (Å²) in [7, 11) is 3.06. The van der Waals surface area contributed by atoms with Crippen molar-refractivity contribution >= 4 is 0 Å². The van der Waals surface area contributed by atoms with E-state index in [4.69, 9.17) is 14.6 Å². The lowest BCUT2D eigenvalue weighted by Gasteiger charge is -2.21. The molecule has 2 saturated carbocycles. The molecule has 4 heteroatoms. The number of benzene rings is 1. The molecule has 3 rings (SSSR count). The van der Waals surface area contributed by atoms with Crippen LogP contribution in [-0.2, 0) is 4.74 Å². The molecule has 182 valence electrons. The third-order valence-electron chi connectivity index (χ3n) is 6.32. The molecule has 1 aromatic carbocycles. The van der Waals surface area contributed by atoms with Gasteiger partial charge in [0.25, 0.3) is 0 Å². The van der Waals surface area contributed by atoms with Crippen LogP contribution in [-0.4, -0.2) is 38.6 Å². The zero-order chi connectivity index (χ0) is 23.1. The van der Waals surface area contributed by atoms with Crippen molar-refractivity contribution < 1.29 is 16.0 Å². The molecule has 2 N–H and O–H groups in total. The lowest BCUT2D eigenvalue weighted by Crippen LogP contribution is -2.18. The Morgan fingerprint density at radius 1 is 1.13 bits per heavy atom. The van der Waals surface area contributed by atoms with Crippen LogP contribution in [0.25, 0.3) is 0 Å². The van der Waals surface area contributed by atoms with Crippen LogP contribution in [0.15, 0.2) is 24.3 Å². The van der Waals surface area contributed by atoms with Crippen molar-refractivity contribution in [3.05, 3.63) is 29.8 Å². The van der Waals surface area contributed by atoms with Crippen LogP contribution in [0.5, 0.6) is 5.75 Å². The fourth-order valence-electron chi connectivity index (χ4n) is 3.78. The van der Waals surface area contributed by atoms with Crippen LogP contribution in [0.3, 0.4) is 0 Å². The van der Waals surface area contributed by atoms with Gasteiger partial charge in [-0.15, -0.1) is 0 Å². The standard InChI is InChI=1S/C16H23NO.C10H22O.CH4O.H2/c1-17-16(12-9-10-12)13-5-4-8-15(11-13)18-14-6-2-3-7-14;1-5-7-8-11-9-10(3,4)6-2;1-2;/h4-5,8,11-12,14,16-17H,2-3,6-7,9-10H2,1H3;5-9H2,1-4H3;2H,1H3;1H/t16-;;;/m1.../s1. The molecule has 0 spiro atoms. The molecular weight excluding hydrogens is 386 g/mol. The molecule has 1 atom stereocenters. The summed E-state index contributed by atoms with van der Waals surface area (Å²) in [5.74, 6) is 1.89. The Bertz CT molecular complexity index is 572. The second-order valence-corrected chi connectivity index (χ2v) is 9.62. The first kappa shape index (κ1) is 27.9. The van der Waals surface area contributed by atoms with Gasteiger partial charge < -0.3 is 19.9 Å². The number of ether oxygens (including phenoxy) is 2. The number of nitrogens with one attached hydrogen (secondary N) is 1. The average molecular weight is 438 g/mol. The highest BCUT2D eigenvalue weighted by atomic mass is 16.5. The minimum absolute atomic E-state index is 0. The van der Waals surface area contributed by atoms with E-state index >= 15 is 0 Å². The number of rotatable bonds is 11. The highest BCUT2D eigenvalue weighted by Crippen LogP contribution is 2.41. The van der Waals surface area contributed by atoms with Crippen molar-refractivity contribution in [1.82, 2.24) is 5.32 Å². The highest BCUT2D eigenvalue weighted by Gasteiger charge is 2.31. The summed E-state index contributed by atoms with van der Waals surface area (Å²) in [6.07, 6.45) is 11.9. The van der Waals surface area contributed by atoms with Gasteiger partial charge in [0.1, 0.15) is 5.75 Å². The molecule has 0 aliphatic heterocycles. The van der Waals surface area contributed by atoms with Crippen molar-refractivity contribution in [3.8, 4) is 5.75 Å². The fraction of sp³-hybridized carbons (Fsp3) is 0.778. The Morgan fingerprint density at radius 3 is 2.35 bits per heavy atom. The molecule has 0 bridgehead atoms. The van der Waals surface area contributed by atoms with Crippen LogP contribution in [0, 0.1) is 11.3 Å². The van der Waals surface area contributed by atoms with Crippen LogP contribution in [0.2, 0.25) is 0 Å². The Balaban J connectivity index is 0.000000601. The third-order valence-corrected chi connectivity index (χ3v) is 6.32. The van der Waals surface area contributed by atoms with E-state index in [9.17, 15) is 0 Å². The first-order valence-corrected chi connectivity index (χ1v) is 12.5. The number of unbranched alkanes of at least 4 members (excludes halogenated alkanes) is 1. The predicted octanol–water partition coefficient (Wildman–Crippen LogP) is 6.77. The van der Waals surface area contributed by atoms with Crippen molar-refractivity contribution in [2.45, 2.75) is 97.6 Å². The molecule has 1 aromatic rings. The zero-order valence-corrected chi connectivity index (χ0v) is 21.1. The van der Waals surface area contributed by atoms with Crippen molar-refractivity contribution in [2.75, 3.05) is 27.4 Å². The van der Waals surface area contributed by atoms with Crippen LogP contribution in [0.1, 0.15) is 98.5 Å². The van der Waals surface area contributed by atoms with Crippen molar-refractivity contribution in [3.63, 3.8) is 0 Å². The largest absolute Gasteiger partial charge is 0.490 e. The summed E-state index contributed by atoms with van der Waals surface area (Å²) in [4.78, 5) is 0. The minimum Gasteiger partial charge on any atom is -0.490 e. The predicted molar refractivity (Wildman–Crippen MR) is 134 cm³/mol. The Kier molecular flexibility index (Phi) is 14.1. The summed E-state index contributed by atoms with van der Waals surface area (Å²) in [5.41, 5.74) is 1.75. The van der Waals surface area contributed by atoms with Gasteiger partial charge >= 0.3 is 0 Å². The lowest BCUT2D eigenvalue weighted by atomic mass is 9.92. The van der Waals surface area contributed by atoms with E-state index in [-0.39, 0.29) is 1.43 Å². The monoisotopic (exact) mass is 437 g/mol. The molecule has 0 saturated heterocycles. The molecule has 2 aliphatic carbocycles. The summed E-state index contributed by atoms with van der Waals surface area (Å²) in [6, 6.07) is 9.20. The van der Waals surface area contributed by atoms with Gasteiger partial charge in [0.15, 0.2) is 0 Å². The maximum absolute atomic E-state index is 7.00. The Hall–Kier alpha value is -1.10. The van der Waals surface area contributed by atoms with E-state index in [1.165, 1.54) is 63.4 Å². The topological polar surface area (TPSA) is 50.7 Å². The van der Waals surface area contributed by atoms with Crippen LogP contribution in [0.4, 0.5) is 0 Å². The molecule has 0 unspecified atom stereocenters. The molecule has 0 heterocycles. The van der Waals surface area contributed by atoms with Gasteiger partial charge in [-0.05, 0) is 87.4 Å². The molecular formula is C27H51NO3.